The number of halogens is 3. The molecule has 1 saturated carbocycles. The van der Waals surface area contributed by atoms with Crippen molar-refractivity contribution in [1.82, 2.24) is 28.7 Å². The van der Waals surface area contributed by atoms with Gasteiger partial charge in [0.25, 0.3) is 16.7 Å². The third-order valence-corrected chi connectivity index (χ3v) is 15.3. The lowest BCUT2D eigenvalue weighted by molar-refractivity contribution is -0.137. The number of aryl methyl sites for hydroxylation is 4. The lowest BCUT2D eigenvalue weighted by Crippen LogP contribution is -2.24. The number of rotatable bonds is 11. The molecule has 3 heterocycles. The Morgan fingerprint density at radius 3 is 1.66 bits per heavy atom. The Kier molecular flexibility index (Phi) is 16.5. The number of aromatic nitrogens is 6. The van der Waals surface area contributed by atoms with Gasteiger partial charge in [-0.3, -0.25) is 28.1 Å². The van der Waals surface area contributed by atoms with Crippen molar-refractivity contribution in [1.29, 1.82) is 0 Å². The fourth-order valence-corrected chi connectivity index (χ4v) is 10.7. The first kappa shape index (κ1) is 57.9. The largest absolute Gasteiger partial charge is 0.507 e. The molecule has 0 radical (unpaired) electrons. The Morgan fingerprint density at radius 2 is 1.02 bits per heavy atom. The highest BCUT2D eigenvalue weighted by Gasteiger charge is 2.45. The molecule has 0 aliphatic heterocycles. The number of fused-ring (bicyclic) bond motifs is 3. The summed E-state index contributed by atoms with van der Waals surface area (Å²) in [4.78, 5) is 53.8. The van der Waals surface area contributed by atoms with Crippen LogP contribution in [0, 0.1) is 13.8 Å². The molecular formula is C71H57F3N6O7. The van der Waals surface area contributed by atoms with Gasteiger partial charge in [0.1, 0.15) is 29.0 Å². The SMILES string of the molecule is COc1cccc(C2CC2c2nc3ccccc3c(=O)n2-c2ccccc2)c1O.Cc1cccc(/C=C/c2nc3ccccc3c(=O)n2-c2cccc(C(F)(F)F)c2)c1O.Cc1cccc(CCc2nc3ccccc3c(=O)n2-c2ccccc2)c1O. The molecular weight excluding hydrogens is 1110 g/mol. The van der Waals surface area contributed by atoms with Crippen LogP contribution in [0.1, 0.15) is 69.1 Å². The monoisotopic (exact) mass is 1160 g/mol. The zero-order valence-corrected chi connectivity index (χ0v) is 47.4. The summed E-state index contributed by atoms with van der Waals surface area (Å²) in [5.41, 5.74) is 5.65. The van der Waals surface area contributed by atoms with Crippen LogP contribution in [0.5, 0.6) is 23.0 Å². The zero-order chi connectivity index (χ0) is 60.9. The van der Waals surface area contributed by atoms with Crippen LogP contribution < -0.4 is 21.4 Å². The maximum atomic E-state index is 13.3. The number of alkyl halides is 3. The van der Waals surface area contributed by atoms with E-state index in [0.717, 1.165) is 57.0 Å². The van der Waals surface area contributed by atoms with Crippen molar-refractivity contribution in [3.8, 4) is 40.1 Å². The van der Waals surface area contributed by atoms with E-state index >= 15 is 0 Å². The van der Waals surface area contributed by atoms with Crippen LogP contribution in [0.4, 0.5) is 13.2 Å². The van der Waals surface area contributed by atoms with Gasteiger partial charge in [-0.25, -0.2) is 15.0 Å². The first-order valence-electron chi connectivity index (χ1n) is 28.0. The molecule has 87 heavy (non-hydrogen) atoms. The summed E-state index contributed by atoms with van der Waals surface area (Å²) >= 11 is 0. The van der Waals surface area contributed by atoms with Crippen LogP contribution in [0.25, 0.3) is 61.9 Å². The van der Waals surface area contributed by atoms with Gasteiger partial charge < -0.3 is 20.1 Å². The number of phenolic OH excluding ortho intramolecular Hbond substituents is 3. The Morgan fingerprint density at radius 1 is 0.506 bits per heavy atom. The molecule has 3 N–H and O–H groups in total. The quantitative estimate of drug-likeness (QED) is 0.113. The third-order valence-electron chi connectivity index (χ3n) is 15.3. The fraction of sp³-hybridized carbons (Fsp3) is 0.127. The van der Waals surface area contributed by atoms with Crippen LogP contribution in [-0.2, 0) is 19.0 Å². The number of aromatic hydroxyl groups is 3. The summed E-state index contributed by atoms with van der Waals surface area (Å²) in [7, 11) is 1.54. The molecule has 13 rings (SSSR count). The molecule has 13 nitrogen and oxygen atoms in total. The molecule has 1 fully saturated rings. The lowest BCUT2D eigenvalue weighted by atomic mass is 10.0. The summed E-state index contributed by atoms with van der Waals surface area (Å²) in [6.45, 7) is 3.63. The second kappa shape index (κ2) is 24.8. The van der Waals surface area contributed by atoms with E-state index in [1.807, 2.05) is 140 Å². The van der Waals surface area contributed by atoms with Gasteiger partial charge in [-0.2, -0.15) is 13.2 Å². The summed E-state index contributed by atoms with van der Waals surface area (Å²) in [6, 6.07) is 61.6. The maximum Gasteiger partial charge on any atom is 0.416 e. The van der Waals surface area contributed by atoms with Gasteiger partial charge in [0.05, 0.1) is 62.4 Å². The average Bonchev–Trinajstić information content (AvgIpc) is 1.91. The van der Waals surface area contributed by atoms with Crippen molar-refractivity contribution in [2.24, 2.45) is 0 Å². The minimum absolute atomic E-state index is 0.0468. The lowest BCUT2D eigenvalue weighted by Gasteiger charge is -2.14. The molecule has 434 valence electrons. The Bertz CT molecular complexity index is 4760. The molecule has 2 atom stereocenters. The molecule has 9 aromatic carbocycles. The van der Waals surface area contributed by atoms with E-state index < -0.39 is 17.3 Å². The Labute approximate surface area is 497 Å². The zero-order valence-electron chi connectivity index (χ0n) is 47.4. The minimum atomic E-state index is -4.55. The van der Waals surface area contributed by atoms with E-state index in [1.54, 1.807) is 83.8 Å². The van der Waals surface area contributed by atoms with Crippen molar-refractivity contribution in [2.75, 3.05) is 7.11 Å². The standard InChI is InChI=1S/C24H17F3N2O2.C24H20N2O3.C23H20N2O2/c1-15-6-4-7-16(22(15)30)12-13-21-28-20-11-3-2-10-19(20)23(31)29(21)18-9-5-8-17(14-18)24(25,26)27;1-29-21-13-7-11-16(22(21)27)18-14-19(18)23-25-20-12-6-5-10-17(20)24(28)26(23)15-8-3-2-4-9-15;1-16-8-7-9-17(22(16)26)14-15-21-24-20-13-6-5-12-19(20)23(27)25(21)18-10-3-2-4-11-18/h2-14,30H,1H3;2-13,18-19,27H,14H2,1H3;2-13,26H,14-15H2,1H3/b13-12+;;. The molecule has 0 spiro atoms. The summed E-state index contributed by atoms with van der Waals surface area (Å²) in [5, 5.41) is 32.6. The number of methoxy groups -OCH3 is 1. The molecule has 16 heteroatoms. The van der Waals surface area contributed by atoms with Gasteiger partial charge in [-0.05, 0) is 146 Å². The van der Waals surface area contributed by atoms with E-state index in [1.165, 1.54) is 18.2 Å². The van der Waals surface area contributed by atoms with Crippen LogP contribution in [0.2, 0.25) is 0 Å². The average molecular weight is 1160 g/mol. The number of nitrogens with zero attached hydrogens (tertiary/aromatic N) is 6. The van der Waals surface area contributed by atoms with E-state index in [0.29, 0.717) is 68.6 Å². The molecule has 1 aliphatic rings. The minimum Gasteiger partial charge on any atom is -0.507 e. The van der Waals surface area contributed by atoms with Crippen LogP contribution in [-0.4, -0.2) is 51.1 Å². The Balaban J connectivity index is 0.000000135. The molecule has 3 aromatic heterocycles. The van der Waals surface area contributed by atoms with E-state index in [4.69, 9.17) is 14.7 Å². The highest BCUT2D eigenvalue weighted by atomic mass is 19.4. The second-order valence-electron chi connectivity index (χ2n) is 20.9. The van der Waals surface area contributed by atoms with E-state index in [2.05, 4.69) is 4.98 Å². The van der Waals surface area contributed by atoms with Gasteiger partial charge in [-0.1, -0.05) is 127 Å². The van der Waals surface area contributed by atoms with Crippen molar-refractivity contribution >= 4 is 44.9 Å². The third kappa shape index (κ3) is 12.1. The summed E-state index contributed by atoms with van der Waals surface area (Å²) in [6.07, 6.45) is 0.494. The predicted octanol–water partition coefficient (Wildman–Crippen LogP) is 14.1. The van der Waals surface area contributed by atoms with Crippen molar-refractivity contribution in [2.45, 2.75) is 51.1 Å². The number of hydrogen-bond donors (Lipinski definition) is 3. The summed E-state index contributed by atoms with van der Waals surface area (Å²) in [5.74, 6) is 2.71. The smallest absolute Gasteiger partial charge is 0.416 e. The van der Waals surface area contributed by atoms with Gasteiger partial charge in [0, 0.05) is 23.5 Å². The van der Waals surface area contributed by atoms with Crippen molar-refractivity contribution in [3.05, 3.63) is 294 Å². The van der Waals surface area contributed by atoms with Gasteiger partial charge in [0.15, 0.2) is 11.5 Å². The molecule has 0 saturated heterocycles. The highest BCUT2D eigenvalue weighted by molar-refractivity contribution is 5.81. The van der Waals surface area contributed by atoms with Crippen molar-refractivity contribution < 1.29 is 33.2 Å². The number of hydrogen-bond acceptors (Lipinski definition) is 10. The number of benzene rings is 9. The van der Waals surface area contributed by atoms with E-state index in [9.17, 15) is 42.9 Å². The fourth-order valence-electron chi connectivity index (χ4n) is 10.7. The van der Waals surface area contributed by atoms with Crippen LogP contribution >= 0.6 is 0 Å². The van der Waals surface area contributed by atoms with Crippen LogP contribution in [0.3, 0.4) is 0 Å². The topological polar surface area (TPSA) is 175 Å². The second-order valence-corrected chi connectivity index (χ2v) is 20.9. The molecule has 0 amide bonds. The number of phenols is 3. The maximum absolute atomic E-state index is 13.3. The van der Waals surface area contributed by atoms with Gasteiger partial charge in [-0.15, -0.1) is 0 Å². The predicted molar refractivity (Wildman–Crippen MR) is 334 cm³/mol. The molecule has 1 aliphatic carbocycles. The Hall–Kier alpha value is -10.9. The highest BCUT2D eigenvalue weighted by Crippen LogP contribution is 2.57. The molecule has 2 unspecified atom stereocenters. The number of para-hydroxylation sites is 8. The van der Waals surface area contributed by atoms with E-state index in [-0.39, 0.29) is 51.4 Å². The van der Waals surface area contributed by atoms with Gasteiger partial charge in [0.2, 0.25) is 0 Å². The first-order valence-corrected chi connectivity index (χ1v) is 28.0. The summed E-state index contributed by atoms with van der Waals surface area (Å²) < 4.78 is 49.5. The molecule has 12 aromatic rings. The van der Waals surface area contributed by atoms with Crippen LogP contribution in [0.15, 0.2) is 227 Å². The normalized spacial score (nSPS) is 13.7. The van der Waals surface area contributed by atoms with Gasteiger partial charge >= 0.3 is 6.18 Å². The molecule has 0 bridgehead atoms. The first-order chi connectivity index (χ1) is 42.1. The number of ether oxygens (including phenoxy) is 1. The van der Waals surface area contributed by atoms with Crippen molar-refractivity contribution in [3.63, 3.8) is 0 Å².